The lowest BCUT2D eigenvalue weighted by Crippen LogP contribution is -2.40. The highest BCUT2D eigenvalue weighted by molar-refractivity contribution is 6.62. The molecule has 13 heavy (non-hydrogen) atoms. The van der Waals surface area contributed by atoms with Crippen LogP contribution in [0.1, 0.15) is 12.8 Å². The first kappa shape index (κ1) is 10.3. The number of piperidine rings is 1. The number of nitrogens with zero attached hydrogens (tertiary/aromatic N) is 1. The summed E-state index contributed by atoms with van der Waals surface area (Å²) in [6, 6.07) is 0. The van der Waals surface area contributed by atoms with Crippen molar-refractivity contribution in [3.8, 4) is 0 Å². The van der Waals surface area contributed by atoms with Gasteiger partial charge in [0.05, 0.1) is 13.0 Å². The molecule has 0 unspecified atom stereocenters. The maximum absolute atomic E-state index is 11.1. The SMILES string of the molecule is COC(=O)[C@@H]1CCCN(C(=O)Cl)C1. The van der Waals surface area contributed by atoms with Gasteiger partial charge in [-0.1, -0.05) is 0 Å². The number of amides is 1. The summed E-state index contributed by atoms with van der Waals surface area (Å²) < 4.78 is 4.60. The molecule has 0 N–H and O–H groups in total. The van der Waals surface area contributed by atoms with Crippen molar-refractivity contribution in [2.75, 3.05) is 20.2 Å². The second kappa shape index (κ2) is 4.46. The average Bonchev–Trinajstić information content (AvgIpc) is 2.17. The lowest BCUT2D eigenvalue weighted by molar-refractivity contribution is -0.146. The van der Waals surface area contributed by atoms with E-state index in [-0.39, 0.29) is 11.9 Å². The van der Waals surface area contributed by atoms with Crippen LogP contribution in [0, 0.1) is 5.92 Å². The molecule has 1 saturated heterocycles. The quantitative estimate of drug-likeness (QED) is 0.368. The molecule has 0 aromatic heterocycles. The molecule has 0 radical (unpaired) electrons. The molecule has 0 spiro atoms. The first-order valence-electron chi connectivity index (χ1n) is 4.17. The van der Waals surface area contributed by atoms with Gasteiger partial charge in [0.2, 0.25) is 0 Å². The van der Waals surface area contributed by atoms with E-state index in [0.29, 0.717) is 13.1 Å². The number of rotatable bonds is 1. The summed E-state index contributed by atoms with van der Waals surface area (Å²) in [6.45, 7) is 1.02. The minimum atomic E-state index is -0.492. The smallest absolute Gasteiger partial charge is 0.316 e. The normalized spacial score (nSPS) is 22.6. The summed E-state index contributed by atoms with van der Waals surface area (Å²) in [5.74, 6) is -0.468. The number of hydrogen-bond donors (Lipinski definition) is 0. The lowest BCUT2D eigenvalue weighted by atomic mass is 9.99. The van der Waals surface area contributed by atoms with Crippen molar-refractivity contribution in [1.29, 1.82) is 0 Å². The Kier molecular flexibility index (Phi) is 3.54. The van der Waals surface area contributed by atoms with Crippen LogP contribution in [0.2, 0.25) is 0 Å². The van der Waals surface area contributed by atoms with Crippen LogP contribution in [-0.2, 0) is 9.53 Å². The van der Waals surface area contributed by atoms with Crippen molar-refractivity contribution in [3.05, 3.63) is 0 Å². The third-order valence-electron chi connectivity index (χ3n) is 2.20. The molecule has 1 amide bonds. The largest absolute Gasteiger partial charge is 0.469 e. The van der Waals surface area contributed by atoms with Crippen molar-refractivity contribution >= 4 is 22.9 Å². The molecule has 1 heterocycles. The molecule has 74 valence electrons. The van der Waals surface area contributed by atoms with Crippen LogP contribution < -0.4 is 0 Å². The van der Waals surface area contributed by atoms with Gasteiger partial charge in [0.15, 0.2) is 0 Å². The Balaban J connectivity index is 2.51. The molecule has 0 aromatic rings. The Bertz CT molecular complexity index is 219. The van der Waals surface area contributed by atoms with Crippen LogP contribution in [0.4, 0.5) is 4.79 Å². The molecule has 1 atom stereocenters. The maximum Gasteiger partial charge on any atom is 0.316 e. The lowest BCUT2D eigenvalue weighted by Gasteiger charge is -2.29. The summed E-state index contributed by atoms with van der Waals surface area (Å²) in [5.41, 5.74) is 0. The van der Waals surface area contributed by atoms with Crippen LogP contribution in [-0.4, -0.2) is 36.4 Å². The molecule has 0 aromatic carbocycles. The molecule has 1 fully saturated rings. The van der Waals surface area contributed by atoms with Gasteiger partial charge in [-0.2, -0.15) is 0 Å². The fraction of sp³-hybridized carbons (Fsp3) is 0.750. The predicted molar refractivity (Wildman–Crippen MR) is 47.6 cm³/mol. The molecule has 0 bridgehead atoms. The summed E-state index contributed by atoms with van der Waals surface area (Å²) >= 11 is 5.30. The number of ether oxygens (including phenoxy) is 1. The number of hydrogen-bond acceptors (Lipinski definition) is 3. The second-order valence-corrected chi connectivity index (χ2v) is 3.38. The molecule has 1 aliphatic heterocycles. The van der Waals surface area contributed by atoms with Crippen molar-refractivity contribution in [2.45, 2.75) is 12.8 Å². The summed E-state index contributed by atoms with van der Waals surface area (Å²) in [7, 11) is 1.35. The van der Waals surface area contributed by atoms with E-state index in [4.69, 9.17) is 11.6 Å². The molecule has 0 saturated carbocycles. The molecule has 1 aliphatic rings. The summed E-state index contributed by atoms with van der Waals surface area (Å²) in [6.07, 6.45) is 1.57. The number of likely N-dealkylation sites (tertiary alicyclic amines) is 1. The molecular formula is C8H12ClNO3. The third-order valence-corrected chi connectivity index (χ3v) is 2.44. The topological polar surface area (TPSA) is 46.6 Å². The zero-order valence-electron chi connectivity index (χ0n) is 7.46. The van der Waals surface area contributed by atoms with E-state index >= 15 is 0 Å². The van der Waals surface area contributed by atoms with Gasteiger partial charge in [-0.15, -0.1) is 0 Å². The number of esters is 1. The Labute approximate surface area is 81.8 Å². The number of carbonyl (C=O) groups is 2. The van der Waals surface area contributed by atoms with Crippen molar-refractivity contribution in [3.63, 3.8) is 0 Å². The van der Waals surface area contributed by atoms with Crippen LogP contribution in [0.25, 0.3) is 0 Å². The first-order valence-corrected chi connectivity index (χ1v) is 4.55. The van der Waals surface area contributed by atoms with Crippen molar-refractivity contribution < 1.29 is 14.3 Å². The van der Waals surface area contributed by atoms with E-state index < -0.39 is 5.37 Å². The fourth-order valence-corrected chi connectivity index (χ4v) is 1.65. The van der Waals surface area contributed by atoms with E-state index in [1.165, 1.54) is 12.0 Å². The van der Waals surface area contributed by atoms with Crippen LogP contribution >= 0.6 is 11.6 Å². The van der Waals surface area contributed by atoms with Crippen LogP contribution in [0.15, 0.2) is 0 Å². The first-order chi connectivity index (χ1) is 6.15. The van der Waals surface area contributed by atoms with Gasteiger partial charge in [0.25, 0.3) is 0 Å². The third kappa shape index (κ3) is 2.59. The van der Waals surface area contributed by atoms with E-state index in [1.54, 1.807) is 0 Å². The monoisotopic (exact) mass is 205 g/mol. The highest BCUT2D eigenvalue weighted by Crippen LogP contribution is 2.18. The molecular weight excluding hydrogens is 194 g/mol. The Morgan fingerprint density at radius 3 is 2.77 bits per heavy atom. The van der Waals surface area contributed by atoms with Gasteiger partial charge in [0.1, 0.15) is 0 Å². The van der Waals surface area contributed by atoms with Gasteiger partial charge >= 0.3 is 11.3 Å². The summed E-state index contributed by atoms with van der Waals surface area (Å²) in [5, 5.41) is -0.492. The Morgan fingerprint density at radius 1 is 1.54 bits per heavy atom. The Morgan fingerprint density at radius 2 is 2.23 bits per heavy atom. The van der Waals surface area contributed by atoms with E-state index in [9.17, 15) is 9.59 Å². The molecule has 4 nitrogen and oxygen atoms in total. The summed E-state index contributed by atoms with van der Waals surface area (Å²) in [4.78, 5) is 23.4. The van der Waals surface area contributed by atoms with E-state index in [0.717, 1.165) is 12.8 Å². The zero-order valence-corrected chi connectivity index (χ0v) is 8.21. The fourth-order valence-electron chi connectivity index (χ4n) is 1.50. The molecule has 5 heteroatoms. The zero-order chi connectivity index (χ0) is 9.84. The minimum absolute atomic E-state index is 0.207. The number of halogens is 1. The van der Waals surface area contributed by atoms with Gasteiger partial charge in [0, 0.05) is 13.1 Å². The Hall–Kier alpha value is -0.770. The van der Waals surface area contributed by atoms with Gasteiger partial charge in [-0.05, 0) is 24.4 Å². The van der Waals surface area contributed by atoms with Crippen LogP contribution in [0.5, 0.6) is 0 Å². The minimum Gasteiger partial charge on any atom is -0.469 e. The predicted octanol–water partition coefficient (Wildman–Crippen LogP) is 1.23. The molecule has 1 rings (SSSR count). The van der Waals surface area contributed by atoms with Crippen LogP contribution in [0.3, 0.4) is 0 Å². The van der Waals surface area contributed by atoms with Crippen molar-refractivity contribution in [1.82, 2.24) is 4.90 Å². The molecule has 0 aliphatic carbocycles. The maximum atomic E-state index is 11.1. The van der Waals surface area contributed by atoms with Gasteiger partial charge in [-0.25, -0.2) is 0 Å². The van der Waals surface area contributed by atoms with Gasteiger partial charge < -0.3 is 9.64 Å². The highest BCUT2D eigenvalue weighted by Gasteiger charge is 2.28. The van der Waals surface area contributed by atoms with Crippen molar-refractivity contribution in [2.24, 2.45) is 5.92 Å². The number of carbonyl (C=O) groups excluding carboxylic acids is 2. The van der Waals surface area contributed by atoms with E-state index in [2.05, 4.69) is 4.74 Å². The standard InChI is InChI=1S/C8H12ClNO3/c1-13-7(11)6-3-2-4-10(5-6)8(9)12/h6H,2-5H2,1H3/t6-/m1/s1. The average molecular weight is 206 g/mol. The second-order valence-electron chi connectivity index (χ2n) is 3.06. The van der Waals surface area contributed by atoms with Gasteiger partial charge in [-0.3, -0.25) is 9.59 Å². The number of methoxy groups -OCH3 is 1. The van der Waals surface area contributed by atoms with E-state index in [1.807, 2.05) is 0 Å². The highest BCUT2D eigenvalue weighted by atomic mass is 35.5.